The van der Waals surface area contributed by atoms with Gasteiger partial charge in [0, 0.05) is 5.69 Å². The largest absolute Gasteiger partial charge is 0.495 e. The molecule has 7 heteroatoms. The van der Waals surface area contributed by atoms with Gasteiger partial charge in [0.25, 0.3) is 0 Å². The molecule has 0 amide bonds. The van der Waals surface area contributed by atoms with Gasteiger partial charge in [-0.3, -0.25) is 0 Å². The molecule has 0 saturated heterocycles. The van der Waals surface area contributed by atoms with E-state index in [4.69, 9.17) is 44.9 Å². The second kappa shape index (κ2) is 8.82. The van der Waals surface area contributed by atoms with E-state index >= 15 is 0 Å². The maximum Gasteiger partial charge on any atom is 0.170 e. The molecule has 2 rings (SSSR count). The lowest BCUT2D eigenvalue weighted by Crippen LogP contribution is -2.31. The molecule has 23 heavy (non-hydrogen) atoms. The van der Waals surface area contributed by atoms with E-state index in [2.05, 4.69) is 10.6 Å². The van der Waals surface area contributed by atoms with Gasteiger partial charge in [-0.1, -0.05) is 35.3 Å². The van der Waals surface area contributed by atoms with Gasteiger partial charge in [0.15, 0.2) is 5.11 Å². The summed E-state index contributed by atoms with van der Waals surface area (Å²) >= 11 is 17.3. The molecule has 0 atom stereocenters. The van der Waals surface area contributed by atoms with Crippen molar-refractivity contribution in [1.29, 1.82) is 0 Å². The minimum absolute atomic E-state index is 0.439. The molecule has 0 unspecified atom stereocenters. The average molecular weight is 371 g/mol. The Morgan fingerprint density at radius 2 is 1.87 bits per heavy atom. The fraction of sp³-hybridized carbons (Fsp3) is 0.188. The van der Waals surface area contributed by atoms with Gasteiger partial charge in [-0.25, -0.2) is 0 Å². The van der Waals surface area contributed by atoms with Gasteiger partial charge in [0.05, 0.1) is 23.7 Å². The summed E-state index contributed by atoms with van der Waals surface area (Å²) in [6, 6.07) is 12.7. The van der Waals surface area contributed by atoms with E-state index in [1.165, 1.54) is 0 Å². The third kappa shape index (κ3) is 5.46. The number of benzene rings is 2. The number of para-hydroxylation sites is 1. The zero-order valence-corrected chi connectivity index (χ0v) is 14.8. The Balaban J connectivity index is 1.75. The number of rotatable bonds is 6. The van der Waals surface area contributed by atoms with Crippen molar-refractivity contribution in [2.24, 2.45) is 0 Å². The molecule has 4 nitrogen and oxygen atoms in total. The number of nitrogens with one attached hydrogen (secondary N) is 2. The van der Waals surface area contributed by atoms with Crippen molar-refractivity contribution in [1.82, 2.24) is 5.32 Å². The minimum atomic E-state index is 0.439. The Labute approximate surface area is 150 Å². The quantitative estimate of drug-likeness (QED) is 0.583. The molecule has 0 spiro atoms. The number of ether oxygens (including phenoxy) is 2. The van der Waals surface area contributed by atoms with Crippen molar-refractivity contribution in [3.8, 4) is 11.5 Å². The number of halogens is 2. The molecule has 0 heterocycles. The summed E-state index contributed by atoms with van der Waals surface area (Å²) in [5.74, 6) is 1.26. The summed E-state index contributed by atoms with van der Waals surface area (Å²) in [4.78, 5) is 0. The van der Waals surface area contributed by atoms with Crippen LogP contribution in [0.4, 0.5) is 5.69 Å². The Hall–Kier alpha value is -1.69. The first-order chi connectivity index (χ1) is 11.1. The minimum Gasteiger partial charge on any atom is -0.495 e. The summed E-state index contributed by atoms with van der Waals surface area (Å²) in [6.07, 6.45) is 0. The highest BCUT2D eigenvalue weighted by Gasteiger charge is 2.04. The predicted molar refractivity (Wildman–Crippen MR) is 99.2 cm³/mol. The predicted octanol–water partition coefficient (Wildman–Crippen LogP) is 4.37. The molecule has 0 aliphatic rings. The third-order valence-electron chi connectivity index (χ3n) is 2.89. The van der Waals surface area contributed by atoms with Crippen molar-refractivity contribution in [2.45, 2.75) is 0 Å². The van der Waals surface area contributed by atoms with E-state index < -0.39 is 0 Å². The van der Waals surface area contributed by atoms with Crippen LogP contribution in [-0.4, -0.2) is 25.4 Å². The second-order valence-electron chi connectivity index (χ2n) is 4.51. The van der Waals surface area contributed by atoms with Gasteiger partial charge >= 0.3 is 0 Å². The lowest BCUT2D eigenvalue weighted by molar-refractivity contribution is 0.323. The molecule has 0 aromatic heterocycles. The van der Waals surface area contributed by atoms with Gasteiger partial charge in [-0.2, -0.15) is 0 Å². The van der Waals surface area contributed by atoms with E-state index in [9.17, 15) is 0 Å². The fourth-order valence-electron chi connectivity index (χ4n) is 1.81. The van der Waals surface area contributed by atoms with Crippen molar-refractivity contribution in [3.05, 3.63) is 52.5 Å². The first-order valence-electron chi connectivity index (χ1n) is 6.86. The second-order valence-corrected chi connectivity index (χ2v) is 5.73. The SMILES string of the molecule is COc1ccc(NC(=S)NCCOc2ccccc2Cl)cc1Cl. The number of methoxy groups -OCH3 is 1. The number of anilines is 1. The van der Waals surface area contributed by atoms with Crippen LogP contribution in [-0.2, 0) is 0 Å². The van der Waals surface area contributed by atoms with Crippen LogP contribution < -0.4 is 20.1 Å². The van der Waals surface area contributed by atoms with E-state index in [1.807, 2.05) is 24.3 Å². The highest BCUT2D eigenvalue weighted by Crippen LogP contribution is 2.27. The summed E-state index contributed by atoms with van der Waals surface area (Å²) in [5, 5.41) is 7.67. The molecule has 0 fully saturated rings. The van der Waals surface area contributed by atoms with Crippen molar-refractivity contribution in [3.63, 3.8) is 0 Å². The van der Waals surface area contributed by atoms with Crippen molar-refractivity contribution >= 4 is 46.2 Å². The highest BCUT2D eigenvalue weighted by atomic mass is 35.5. The van der Waals surface area contributed by atoms with E-state index in [-0.39, 0.29) is 0 Å². The molecular weight excluding hydrogens is 355 g/mol. The van der Waals surface area contributed by atoms with Crippen molar-refractivity contribution < 1.29 is 9.47 Å². The maximum atomic E-state index is 6.06. The molecule has 2 N–H and O–H groups in total. The maximum absolute atomic E-state index is 6.06. The summed E-state index contributed by atoms with van der Waals surface area (Å²) in [5.41, 5.74) is 0.778. The molecule has 0 radical (unpaired) electrons. The lowest BCUT2D eigenvalue weighted by atomic mass is 10.3. The van der Waals surface area contributed by atoms with Crippen molar-refractivity contribution in [2.75, 3.05) is 25.6 Å². The molecule has 122 valence electrons. The standard InChI is InChI=1S/C16H16Cl2N2O2S/c1-21-14-7-6-11(10-13(14)18)20-16(23)19-8-9-22-15-5-3-2-4-12(15)17/h2-7,10H,8-9H2,1H3,(H2,19,20,23). The Morgan fingerprint density at radius 3 is 2.57 bits per heavy atom. The van der Waals surface area contributed by atoms with E-state index in [1.54, 1.807) is 25.3 Å². The normalized spacial score (nSPS) is 10.0. The number of thiocarbonyl (C=S) groups is 1. The molecule has 2 aromatic carbocycles. The highest BCUT2D eigenvalue weighted by molar-refractivity contribution is 7.80. The van der Waals surface area contributed by atoms with Gasteiger partial charge in [0.1, 0.15) is 18.1 Å². The van der Waals surface area contributed by atoms with Gasteiger partial charge in [0.2, 0.25) is 0 Å². The number of hydrogen-bond donors (Lipinski definition) is 2. The van der Waals surface area contributed by atoms with Crippen LogP contribution >= 0.6 is 35.4 Å². The van der Waals surface area contributed by atoms with Crippen LogP contribution in [0.1, 0.15) is 0 Å². The lowest BCUT2D eigenvalue weighted by Gasteiger charge is -2.12. The topological polar surface area (TPSA) is 42.5 Å². The molecule has 0 bridgehead atoms. The van der Waals surface area contributed by atoms with E-state index in [0.717, 1.165) is 5.69 Å². The first-order valence-corrected chi connectivity index (χ1v) is 8.02. The Bertz CT molecular complexity index is 683. The van der Waals surface area contributed by atoms with Crippen LogP contribution in [0.5, 0.6) is 11.5 Å². The summed E-state index contributed by atoms with van der Waals surface area (Å²) in [6.45, 7) is 0.982. The van der Waals surface area contributed by atoms with Crippen LogP contribution in [0.25, 0.3) is 0 Å². The fourth-order valence-corrected chi connectivity index (χ4v) is 2.47. The average Bonchev–Trinajstić information content (AvgIpc) is 2.53. The van der Waals surface area contributed by atoms with Crippen LogP contribution in [0.15, 0.2) is 42.5 Å². The van der Waals surface area contributed by atoms with Gasteiger partial charge in [-0.15, -0.1) is 0 Å². The van der Waals surface area contributed by atoms with Crippen LogP contribution in [0, 0.1) is 0 Å². The monoisotopic (exact) mass is 370 g/mol. The molecule has 0 saturated carbocycles. The van der Waals surface area contributed by atoms with Gasteiger partial charge in [-0.05, 0) is 42.5 Å². The van der Waals surface area contributed by atoms with E-state index in [0.29, 0.717) is 39.8 Å². The third-order valence-corrected chi connectivity index (χ3v) is 3.75. The summed E-state index contributed by atoms with van der Waals surface area (Å²) < 4.78 is 10.7. The zero-order chi connectivity index (χ0) is 16.7. The molecule has 0 aliphatic heterocycles. The Kier molecular flexibility index (Phi) is 6.77. The first kappa shape index (κ1) is 17.7. The molecule has 0 aliphatic carbocycles. The van der Waals surface area contributed by atoms with Gasteiger partial charge < -0.3 is 20.1 Å². The van der Waals surface area contributed by atoms with Crippen LogP contribution in [0.3, 0.4) is 0 Å². The zero-order valence-electron chi connectivity index (χ0n) is 12.4. The molecule has 2 aromatic rings. The molecular formula is C16H16Cl2N2O2S. The number of hydrogen-bond acceptors (Lipinski definition) is 3. The smallest absolute Gasteiger partial charge is 0.170 e. The van der Waals surface area contributed by atoms with Crippen LogP contribution in [0.2, 0.25) is 10.0 Å². The summed E-state index contributed by atoms with van der Waals surface area (Å²) in [7, 11) is 1.57. The Morgan fingerprint density at radius 1 is 1.09 bits per heavy atom.